The molecule has 0 saturated carbocycles. The topological polar surface area (TPSA) is 21.7 Å². The highest BCUT2D eigenvalue weighted by atomic mass is 35.5. The van der Waals surface area contributed by atoms with Crippen LogP contribution in [0.4, 0.5) is 4.39 Å². The number of benzene rings is 2. The number of halogens is 2. The molecule has 0 N–H and O–H groups in total. The fourth-order valence-corrected chi connectivity index (χ4v) is 3.71. The largest absolute Gasteiger partial charge is 0.493 e. The van der Waals surface area contributed by atoms with Gasteiger partial charge in [0.2, 0.25) is 0 Å². The van der Waals surface area contributed by atoms with Crippen LogP contribution in [0.3, 0.4) is 0 Å². The van der Waals surface area contributed by atoms with E-state index in [-0.39, 0.29) is 12.4 Å². The molecule has 27 heavy (non-hydrogen) atoms. The number of methoxy groups -OCH3 is 1. The van der Waals surface area contributed by atoms with E-state index in [1.54, 1.807) is 31.4 Å². The molecule has 1 fully saturated rings. The van der Waals surface area contributed by atoms with Gasteiger partial charge in [-0.3, -0.25) is 0 Å². The van der Waals surface area contributed by atoms with E-state index in [9.17, 15) is 4.39 Å². The Balaban J connectivity index is 1.78. The molecule has 2 aromatic carbocycles. The number of likely N-dealkylation sites (tertiary alicyclic amines) is 1. The van der Waals surface area contributed by atoms with Crippen molar-refractivity contribution in [3.8, 4) is 11.5 Å². The van der Waals surface area contributed by atoms with Crippen LogP contribution in [0.15, 0.2) is 36.4 Å². The van der Waals surface area contributed by atoms with Gasteiger partial charge >= 0.3 is 0 Å². The van der Waals surface area contributed by atoms with Crippen LogP contribution < -0.4 is 9.47 Å². The van der Waals surface area contributed by atoms with Crippen molar-refractivity contribution in [2.45, 2.75) is 26.4 Å². The molecule has 0 bridgehead atoms. The van der Waals surface area contributed by atoms with Gasteiger partial charge in [-0.05, 0) is 37.0 Å². The van der Waals surface area contributed by atoms with Gasteiger partial charge < -0.3 is 14.4 Å². The van der Waals surface area contributed by atoms with Crippen LogP contribution in [0, 0.1) is 11.7 Å². The van der Waals surface area contributed by atoms with Crippen LogP contribution >= 0.6 is 23.8 Å². The third-order valence-corrected chi connectivity index (χ3v) is 5.65. The molecule has 1 aliphatic heterocycles. The molecule has 3 nitrogen and oxygen atoms in total. The molecule has 0 atom stereocenters. The van der Waals surface area contributed by atoms with Gasteiger partial charge in [-0.15, -0.1) is 0 Å². The lowest BCUT2D eigenvalue weighted by Gasteiger charge is -2.32. The lowest BCUT2D eigenvalue weighted by molar-refractivity contribution is 0.279. The Bertz CT molecular complexity index is 822. The summed E-state index contributed by atoms with van der Waals surface area (Å²) in [7, 11) is 1.55. The van der Waals surface area contributed by atoms with Crippen LogP contribution in [0.2, 0.25) is 5.02 Å². The van der Waals surface area contributed by atoms with Gasteiger partial charge in [0.25, 0.3) is 0 Å². The van der Waals surface area contributed by atoms with Gasteiger partial charge in [0.15, 0.2) is 11.5 Å². The van der Waals surface area contributed by atoms with Crippen LogP contribution in [0.5, 0.6) is 11.5 Å². The van der Waals surface area contributed by atoms with Crippen LogP contribution in [-0.4, -0.2) is 30.1 Å². The molecule has 0 radical (unpaired) electrons. The molecule has 6 heteroatoms. The third kappa shape index (κ3) is 4.71. The minimum absolute atomic E-state index is 0.0660. The molecular weight excluding hydrogens is 385 g/mol. The van der Waals surface area contributed by atoms with E-state index in [2.05, 4.69) is 11.8 Å². The summed E-state index contributed by atoms with van der Waals surface area (Å²) in [4.78, 5) is 2.98. The van der Waals surface area contributed by atoms with E-state index < -0.39 is 0 Å². The lowest BCUT2D eigenvalue weighted by Crippen LogP contribution is -2.37. The Morgan fingerprint density at radius 1 is 1.26 bits per heavy atom. The maximum atomic E-state index is 13.8. The average Bonchev–Trinajstić information content (AvgIpc) is 2.67. The number of thiocarbonyl (C=S) groups is 1. The number of rotatable bonds is 5. The van der Waals surface area contributed by atoms with E-state index in [1.165, 1.54) is 6.07 Å². The van der Waals surface area contributed by atoms with Gasteiger partial charge in [0.1, 0.15) is 17.4 Å². The van der Waals surface area contributed by atoms with Gasteiger partial charge in [-0.2, -0.15) is 0 Å². The van der Waals surface area contributed by atoms with E-state index in [0.29, 0.717) is 22.1 Å². The fraction of sp³-hybridized carbons (Fsp3) is 0.381. The van der Waals surface area contributed by atoms with E-state index in [1.807, 2.05) is 6.07 Å². The van der Waals surface area contributed by atoms with E-state index in [4.69, 9.17) is 33.3 Å². The van der Waals surface area contributed by atoms with Gasteiger partial charge in [-0.25, -0.2) is 4.39 Å². The van der Waals surface area contributed by atoms with E-state index >= 15 is 0 Å². The summed E-state index contributed by atoms with van der Waals surface area (Å²) >= 11 is 12.1. The van der Waals surface area contributed by atoms with Crippen molar-refractivity contribution in [3.05, 3.63) is 58.4 Å². The summed E-state index contributed by atoms with van der Waals surface area (Å²) in [6.07, 6.45) is 2.27. The highest BCUT2D eigenvalue weighted by molar-refractivity contribution is 7.80. The van der Waals surface area contributed by atoms with Crippen molar-refractivity contribution >= 4 is 28.8 Å². The Hall–Kier alpha value is -1.85. The summed E-state index contributed by atoms with van der Waals surface area (Å²) in [6.45, 7) is 4.23. The Morgan fingerprint density at radius 3 is 2.63 bits per heavy atom. The molecule has 0 aliphatic carbocycles. The molecule has 0 amide bonds. The summed E-state index contributed by atoms with van der Waals surface area (Å²) < 4.78 is 25.0. The van der Waals surface area contributed by atoms with Crippen molar-refractivity contribution in [3.63, 3.8) is 0 Å². The summed E-state index contributed by atoms with van der Waals surface area (Å²) in [5.41, 5.74) is 1.29. The maximum Gasteiger partial charge on any atom is 0.180 e. The number of hydrogen-bond donors (Lipinski definition) is 0. The lowest BCUT2D eigenvalue weighted by atomic mass is 9.99. The molecule has 1 saturated heterocycles. The Morgan fingerprint density at radius 2 is 1.96 bits per heavy atom. The minimum Gasteiger partial charge on any atom is -0.493 e. The second-order valence-corrected chi connectivity index (χ2v) is 7.64. The first-order chi connectivity index (χ1) is 13.0. The number of nitrogens with zero attached hydrogens (tertiary/aromatic N) is 1. The summed E-state index contributed by atoms with van der Waals surface area (Å²) in [5, 5.41) is 0.397. The third-order valence-electron chi connectivity index (χ3n) is 4.88. The Kier molecular flexibility index (Phi) is 6.55. The standard InChI is InChI=1S/C21H23ClFNO2S/c1-14-7-9-24(10-8-14)21(27)16-11-17(22)20(19(12-16)25-2)26-13-15-5-3-4-6-18(15)23/h3-6,11-12,14H,7-10,13H2,1-2H3. The predicted molar refractivity (Wildman–Crippen MR) is 110 cm³/mol. The van der Waals surface area contributed by atoms with Crippen molar-refractivity contribution in [1.29, 1.82) is 0 Å². The quantitative estimate of drug-likeness (QED) is 0.612. The van der Waals surface area contributed by atoms with Crippen LogP contribution in [-0.2, 0) is 6.61 Å². The first-order valence-corrected chi connectivity index (χ1v) is 9.81. The Labute approximate surface area is 170 Å². The molecular formula is C21H23ClFNO2S. The van der Waals surface area contributed by atoms with Crippen molar-refractivity contribution < 1.29 is 13.9 Å². The van der Waals surface area contributed by atoms with Crippen molar-refractivity contribution in [2.75, 3.05) is 20.2 Å². The highest BCUT2D eigenvalue weighted by Crippen LogP contribution is 2.37. The van der Waals surface area contributed by atoms with Crippen molar-refractivity contribution in [1.82, 2.24) is 4.90 Å². The molecule has 0 unspecified atom stereocenters. The predicted octanol–water partition coefficient (Wildman–Crippen LogP) is 5.47. The molecule has 2 aromatic rings. The molecule has 1 heterocycles. The molecule has 0 spiro atoms. The number of piperidine rings is 1. The minimum atomic E-state index is -0.315. The molecule has 0 aromatic heterocycles. The van der Waals surface area contributed by atoms with Crippen molar-refractivity contribution in [2.24, 2.45) is 5.92 Å². The number of hydrogen-bond acceptors (Lipinski definition) is 3. The number of ether oxygens (including phenoxy) is 2. The smallest absolute Gasteiger partial charge is 0.180 e. The monoisotopic (exact) mass is 407 g/mol. The first-order valence-electron chi connectivity index (χ1n) is 9.02. The zero-order valence-electron chi connectivity index (χ0n) is 15.5. The fourth-order valence-electron chi connectivity index (χ4n) is 3.14. The average molecular weight is 408 g/mol. The van der Waals surface area contributed by atoms with Gasteiger partial charge in [-0.1, -0.05) is 48.9 Å². The maximum absolute atomic E-state index is 13.8. The zero-order chi connectivity index (χ0) is 19.4. The zero-order valence-corrected chi connectivity index (χ0v) is 17.1. The SMILES string of the molecule is COc1cc(C(=S)N2CCC(C)CC2)cc(Cl)c1OCc1ccccc1F. The second-order valence-electron chi connectivity index (χ2n) is 6.84. The molecule has 144 valence electrons. The summed E-state index contributed by atoms with van der Waals surface area (Å²) in [6, 6.07) is 10.1. The summed E-state index contributed by atoms with van der Waals surface area (Å²) in [5.74, 6) is 1.30. The van der Waals surface area contributed by atoms with Crippen LogP contribution in [0.1, 0.15) is 30.9 Å². The second kappa shape index (κ2) is 8.89. The normalized spacial score (nSPS) is 14.9. The molecule has 1 aliphatic rings. The van der Waals surface area contributed by atoms with Gasteiger partial charge in [0.05, 0.1) is 12.1 Å². The highest BCUT2D eigenvalue weighted by Gasteiger charge is 2.21. The van der Waals surface area contributed by atoms with Gasteiger partial charge in [0, 0.05) is 24.2 Å². The van der Waals surface area contributed by atoms with E-state index in [0.717, 1.165) is 42.4 Å². The first kappa shape index (κ1) is 19.9. The molecule has 3 rings (SSSR count). The van der Waals surface area contributed by atoms with Crippen LogP contribution in [0.25, 0.3) is 0 Å².